The summed E-state index contributed by atoms with van der Waals surface area (Å²) in [6.45, 7) is 0.621. The molecule has 5 nitrogen and oxygen atoms in total. The van der Waals surface area contributed by atoms with Crippen molar-refractivity contribution >= 4 is 16.0 Å². The molecular formula is C22H23NO4S. The number of sulfonamides is 1. The number of benzene rings is 2. The van der Waals surface area contributed by atoms with E-state index in [2.05, 4.69) is 0 Å². The number of hydrogen-bond acceptors (Lipinski definition) is 4. The Hall–Kier alpha value is -2.18. The second-order valence-electron chi connectivity index (χ2n) is 8.01. The molecule has 0 aromatic heterocycles. The lowest BCUT2D eigenvalue weighted by molar-refractivity contribution is -0.0345. The molecule has 1 unspecified atom stereocenters. The highest BCUT2D eigenvalue weighted by Gasteiger charge is 2.50. The largest absolute Gasteiger partial charge is 0.449 e. The molecule has 3 aliphatic rings. The first-order valence-corrected chi connectivity index (χ1v) is 11.4. The number of rotatable bonds is 2. The van der Waals surface area contributed by atoms with Gasteiger partial charge in [-0.1, -0.05) is 24.3 Å². The number of carbonyl (C=O) groups excluding carboxylic acids is 1. The van der Waals surface area contributed by atoms with Crippen LogP contribution in [0.1, 0.15) is 52.7 Å². The molecule has 6 heteroatoms. The predicted octanol–water partition coefficient (Wildman–Crippen LogP) is 3.42. The zero-order valence-electron chi connectivity index (χ0n) is 15.7. The van der Waals surface area contributed by atoms with E-state index in [-0.39, 0.29) is 12.5 Å². The molecule has 0 radical (unpaired) electrons. The summed E-state index contributed by atoms with van der Waals surface area (Å²) in [5.41, 5.74) is 2.91. The van der Waals surface area contributed by atoms with E-state index in [4.69, 9.17) is 4.74 Å². The Labute approximate surface area is 165 Å². The molecule has 0 bridgehead atoms. The van der Waals surface area contributed by atoms with Crippen LogP contribution in [0.15, 0.2) is 47.4 Å². The SMILES string of the molecule is O=C1OC2(CCCN(S(=O)(=O)c3ccc4c(c3)CCCC4)C2)c2ccccc21. The van der Waals surface area contributed by atoms with Crippen molar-refractivity contribution in [2.24, 2.45) is 0 Å². The van der Waals surface area contributed by atoms with Gasteiger partial charge in [-0.2, -0.15) is 4.31 Å². The van der Waals surface area contributed by atoms with Gasteiger partial charge in [0, 0.05) is 12.1 Å². The average molecular weight is 397 g/mol. The first-order chi connectivity index (χ1) is 13.5. The van der Waals surface area contributed by atoms with Gasteiger partial charge in [0.25, 0.3) is 0 Å². The highest BCUT2D eigenvalue weighted by Crippen LogP contribution is 2.44. The molecule has 2 aromatic carbocycles. The van der Waals surface area contributed by atoms with Gasteiger partial charge in [0.05, 0.1) is 17.0 Å². The number of nitrogens with zero attached hydrogens (tertiary/aromatic N) is 1. The lowest BCUT2D eigenvalue weighted by atomic mass is 9.86. The van der Waals surface area contributed by atoms with Crippen LogP contribution in [0.2, 0.25) is 0 Å². The fourth-order valence-corrected chi connectivity index (χ4v) is 6.43. The minimum Gasteiger partial charge on any atom is -0.449 e. The molecule has 0 amide bonds. The van der Waals surface area contributed by atoms with Crippen LogP contribution in [0.25, 0.3) is 0 Å². The van der Waals surface area contributed by atoms with Crippen LogP contribution in [0.3, 0.4) is 0 Å². The molecule has 2 aromatic rings. The van der Waals surface area contributed by atoms with E-state index in [9.17, 15) is 13.2 Å². The average Bonchev–Trinajstić information content (AvgIpc) is 2.99. The monoisotopic (exact) mass is 397 g/mol. The molecule has 0 N–H and O–H groups in total. The number of esters is 1. The van der Waals surface area contributed by atoms with E-state index in [0.29, 0.717) is 29.8 Å². The Morgan fingerprint density at radius 1 is 0.964 bits per heavy atom. The van der Waals surface area contributed by atoms with Crippen LogP contribution in [-0.2, 0) is 33.2 Å². The lowest BCUT2D eigenvalue weighted by Gasteiger charge is -2.38. The van der Waals surface area contributed by atoms with Crippen molar-refractivity contribution in [3.05, 3.63) is 64.7 Å². The summed E-state index contributed by atoms with van der Waals surface area (Å²) in [4.78, 5) is 12.7. The third kappa shape index (κ3) is 2.70. The van der Waals surface area contributed by atoms with E-state index < -0.39 is 15.6 Å². The minimum atomic E-state index is -3.64. The standard InChI is InChI=1S/C22H23NO4S/c24-21-19-8-3-4-9-20(19)22(27-21)12-5-13-23(15-22)28(25,26)18-11-10-16-6-1-2-7-17(16)14-18/h3-4,8-11,14H,1-2,5-7,12-13,15H2. The van der Waals surface area contributed by atoms with Crippen molar-refractivity contribution in [3.63, 3.8) is 0 Å². The molecule has 1 saturated heterocycles. The number of hydrogen-bond donors (Lipinski definition) is 0. The van der Waals surface area contributed by atoms with Crippen LogP contribution in [0.5, 0.6) is 0 Å². The predicted molar refractivity (Wildman–Crippen MR) is 105 cm³/mol. The zero-order chi connectivity index (χ0) is 19.4. The van der Waals surface area contributed by atoms with Gasteiger partial charge < -0.3 is 4.74 Å². The molecule has 1 fully saturated rings. The Morgan fingerprint density at radius 3 is 2.61 bits per heavy atom. The van der Waals surface area contributed by atoms with Gasteiger partial charge in [0.2, 0.25) is 10.0 Å². The third-order valence-electron chi connectivity index (χ3n) is 6.30. The van der Waals surface area contributed by atoms with E-state index in [1.54, 1.807) is 12.1 Å². The Morgan fingerprint density at radius 2 is 1.75 bits per heavy atom. The van der Waals surface area contributed by atoms with Crippen molar-refractivity contribution in [1.82, 2.24) is 4.31 Å². The van der Waals surface area contributed by atoms with E-state index in [1.165, 1.54) is 16.3 Å². The van der Waals surface area contributed by atoms with E-state index >= 15 is 0 Å². The van der Waals surface area contributed by atoms with Gasteiger partial charge in [-0.05, 0) is 67.9 Å². The van der Waals surface area contributed by atoms with Crippen molar-refractivity contribution in [3.8, 4) is 0 Å². The lowest BCUT2D eigenvalue weighted by Crippen LogP contribution is -2.48. The maximum atomic E-state index is 13.4. The highest BCUT2D eigenvalue weighted by molar-refractivity contribution is 7.89. The van der Waals surface area contributed by atoms with Crippen molar-refractivity contribution in [1.29, 1.82) is 0 Å². The van der Waals surface area contributed by atoms with Gasteiger partial charge in [0.15, 0.2) is 5.60 Å². The first kappa shape index (κ1) is 17.9. The topological polar surface area (TPSA) is 63.7 Å². The Bertz CT molecular complexity index is 1060. The number of carbonyl (C=O) groups is 1. The van der Waals surface area contributed by atoms with E-state index in [1.807, 2.05) is 30.3 Å². The van der Waals surface area contributed by atoms with Crippen LogP contribution in [-0.4, -0.2) is 31.8 Å². The second kappa shape index (κ2) is 6.42. The summed E-state index contributed by atoms with van der Waals surface area (Å²) in [5, 5.41) is 0. The number of piperidine rings is 1. The molecule has 0 saturated carbocycles. The third-order valence-corrected chi connectivity index (χ3v) is 8.14. The van der Waals surface area contributed by atoms with Gasteiger partial charge in [0.1, 0.15) is 0 Å². The summed E-state index contributed by atoms with van der Waals surface area (Å²) in [6, 6.07) is 12.9. The molecule has 28 heavy (non-hydrogen) atoms. The van der Waals surface area contributed by atoms with Gasteiger partial charge in [-0.25, -0.2) is 13.2 Å². The summed E-state index contributed by atoms with van der Waals surface area (Å²) in [6.07, 6.45) is 5.54. The summed E-state index contributed by atoms with van der Waals surface area (Å²) < 4.78 is 34.0. The minimum absolute atomic E-state index is 0.176. The molecular weight excluding hydrogens is 374 g/mol. The highest BCUT2D eigenvalue weighted by atomic mass is 32.2. The number of fused-ring (bicyclic) bond motifs is 3. The fraction of sp³-hybridized carbons (Fsp3) is 0.409. The van der Waals surface area contributed by atoms with Crippen molar-refractivity contribution < 1.29 is 17.9 Å². The summed E-state index contributed by atoms with van der Waals surface area (Å²) in [7, 11) is -3.64. The smallest absolute Gasteiger partial charge is 0.339 e. The molecule has 146 valence electrons. The van der Waals surface area contributed by atoms with Crippen LogP contribution >= 0.6 is 0 Å². The quantitative estimate of drug-likeness (QED) is 0.729. The normalized spacial score (nSPS) is 24.6. The maximum Gasteiger partial charge on any atom is 0.339 e. The van der Waals surface area contributed by atoms with Gasteiger partial charge >= 0.3 is 5.97 Å². The van der Waals surface area contributed by atoms with E-state index in [0.717, 1.165) is 30.4 Å². The molecule has 5 rings (SSSR count). The Kier molecular flexibility index (Phi) is 4.10. The summed E-state index contributed by atoms with van der Waals surface area (Å²) in [5.74, 6) is -0.358. The molecule has 2 aliphatic heterocycles. The number of ether oxygens (including phenoxy) is 1. The Balaban J connectivity index is 1.49. The summed E-state index contributed by atoms with van der Waals surface area (Å²) >= 11 is 0. The maximum absolute atomic E-state index is 13.4. The zero-order valence-corrected chi connectivity index (χ0v) is 16.5. The van der Waals surface area contributed by atoms with Crippen LogP contribution in [0.4, 0.5) is 0 Å². The number of aryl methyl sites for hydroxylation is 2. The molecule has 1 aliphatic carbocycles. The van der Waals surface area contributed by atoms with Gasteiger partial charge in [-0.15, -0.1) is 0 Å². The first-order valence-electron chi connectivity index (χ1n) is 9.94. The van der Waals surface area contributed by atoms with Crippen LogP contribution in [0, 0.1) is 0 Å². The fourth-order valence-electron chi connectivity index (χ4n) is 4.86. The molecule has 1 atom stereocenters. The van der Waals surface area contributed by atoms with Crippen molar-refractivity contribution in [2.45, 2.75) is 49.0 Å². The second-order valence-corrected chi connectivity index (χ2v) is 9.95. The van der Waals surface area contributed by atoms with Crippen LogP contribution < -0.4 is 0 Å². The van der Waals surface area contributed by atoms with Crippen molar-refractivity contribution in [2.75, 3.05) is 13.1 Å². The molecule has 1 spiro atoms. The van der Waals surface area contributed by atoms with Gasteiger partial charge in [-0.3, -0.25) is 0 Å². The molecule has 2 heterocycles.